The highest BCUT2D eigenvalue weighted by Gasteiger charge is 2.26. The van der Waals surface area contributed by atoms with Crippen molar-refractivity contribution in [3.63, 3.8) is 0 Å². The molecule has 1 aliphatic carbocycles. The molecule has 7 nitrogen and oxygen atoms in total. The normalized spacial score (nSPS) is 22.0. The van der Waals surface area contributed by atoms with E-state index in [0.29, 0.717) is 26.8 Å². The highest BCUT2D eigenvalue weighted by atomic mass is 79.9. The molecule has 1 heterocycles. The van der Waals surface area contributed by atoms with Crippen LogP contribution in [-0.4, -0.2) is 38.2 Å². The number of amides is 1. The summed E-state index contributed by atoms with van der Waals surface area (Å²) < 4.78 is 2.21. The molecule has 4 N–H and O–H groups in total. The average Bonchev–Trinajstić information content (AvgIpc) is 2.88. The summed E-state index contributed by atoms with van der Waals surface area (Å²) in [7, 11) is 1.73. The predicted molar refractivity (Wildman–Crippen MR) is 86.4 cm³/mol. The van der Waals surface area contributed by atoms with Crippen LogP contribution >= 0.6 is 15.9 Å². The van der Waals surface area contributed by atoms with Crippen molar-refractivity contribution < 1.29 is 9.90 Å². The Hall–Kier alpha value is -1.67. The second kappa shape index (κ2) is 5.85. The minimum Gasteiger partial charge on any atom is -0.396 e. The molecule has 1 aromatic carbocycles. The summed E-state index contributed by atoms with van der Waals surface area (Å²) in [6.07, 6.45) is 3.00. The summed E-state index contributed by atoms with van der Waals surface area (Å²) in [6, 6.07) is 1.43. The Labute approximate surface area is 136 Å². The van der Waals surface area contributed by atoms with Gasteiger partial charge in [0.2, 0.25) is 0 Å². The van der Waals surface area contributed by atoms with E-state index in [9.17, 15) is 9.90 Å². The summed E-state index contributed by atoms with van der Waals surface area (Å²) in [4.78, 5) is 12.5. The summed E-state index contributed by atoms with van der Waals surface area (Å²) in [6.45, 7) is 0. The number of benzene rings is 1. The highest BCUT2D eigenvalue weighted by molar-refractivity contribution is 9.10. The number of hydrogen-bond acceptors (Lipinski definition) is 5. The van der Waals surface area contributed by atoms with Crippen molar-refractivity contribution in [2.45, 2.75) is 37.8 Å². The number of nitrogens with one attached hydrogen (secondary N) is 1. The van der Waals surface area contributed by atoms with Crippen LogP contribution in [0.2, 0.25) is 0 Å². The van der Waals surface area contributed by atoms with Crippen LogP contribution in [0.15, 0.2) is 10.5 Å². The van der Waals surface area contributed by atoms with E-state index >= 15 is 0 Å². The maximum Gasteiger partial charge on any atom is 0.253 e. The Morgan fingerprint density at radius 3 is 2.95 bits per heavy atom. The largest absolute Gasteiger partial charge is 0.396 e. The van der Waals surface area contributed by atoms with Crippen molar-refractivity contribution in [1.29, 1.82) is 0 Å². The van der Waals surface area contributed by atoms with Gasteiger partial charge in [0.15, 0.2) is 0 Å². The number of carbonyl (C=O) groups is 1. The number of nitrogens with two attached hydrogens (primary N) is 1. The number of halogens is 1. The van der Waals surface area contributed by atoms with Crippen LogP contribution < -0.4 is 11.1 Å². The van der Waals surface area contributed by atoms with Crippen molar-refractivity contribution in [1.82, 2.24) is 20.3 Å². The third-order valence-electron chi connectivity index (χ3n) is 4.16. The summed E-state index contributed by atoms with van der Waals surface area (Å²) in [5.74, 6) is -0.285. The number of aliphatic hydroxyl groups is 1. The Morgan fingerprint density at radius 2 is 2.23 bits per heavy atom. The van der Waals surface area contributed by atoms with Gasteiger partial charge < -0.3 is 16.2 Å². The molecule has 0 spiro atoms. The zero-order valence-corrected chi connectivity index (χ0v) is 13.8. The van der Waals surface area contributed by atoms with E-state index in [-0.39, 0.29) is 11.9 Å². The first kappa shape index (κ1) is 15.2. The smallest absolute Gasteiger partial charge is 0.253 e. The van der Waals surface area contributed by atoms with E-state index in [0.717, 1.165) is 25.7 Å². The maximum atomic E-state index is 12.5. The van der Waals surface area contributed by atoms with Gasteiger partial charge in [0.1, 0.15) is 11.0 Å². The standard InChI is InChI=1S/C14H18BrN5O2/c1-20-13-11(16)7(6-8(15)12(13)18-19-20)14(22)17-9-4-2-3-5-10(9)21/h6,9-10,21H,2-5,16H2,1H3,(H,17,22)/t9-,10-/m0/s1. The molecule has 0 aliphatic heterocycles. The lowest BCUT2D eigenvalue weighted by atomic mass is 9.92. The van der Waals surface area contributed by atoms with Gasteiger partial charge in [0.25, 0.3) is 5.91 Å². The lowest BCUT2D eigenvalue weighted by molar-refractivity contribution is 0.0718. The van der Waals surface area contributed by atoms with Crippen molar-refractivity contribution in [2.24, 2.45) is 7.05 Å². The molecular formula is C14H18BrN5O2. The zero-order chi connectivity index (χ0) is 15.9. The molecule has 1 amide bonds. The topological polar surface area (TPSA) is 106 Å². The van der Waals surface area contributed by atoms with Crippen LogP contribution in [0, 0.1) is 0 Å². The maximum absolute atomic E-state index is 12.5. The van der Waals surface area contributed by atoms with Gasteiger partial charge in [-0.3, -0.25) is 4.79 Å². The molecule has 0 saturated heterocycles. The molecule has 0 radical (unpaired) electrons. The number of fused-ring (bicyclic) bond motifs is 1. The van der Waals surface area contributed by atoms with E-state index in [2.05, 4.69) is 31.6 Å². The molecule has 3 rings (SSSR count). The van der Waals surface area contributed by atoms with E-state index < -0.39 is 6.10 Å². The van der Waals surface area contributed by atoms with Gasteiger partial charge >= 0.3 is 0 Å². The van der Waals surface area contributed by atoms with E-state index in [4.69, 9.17) is 5.73 Å². The number of rotatable bonds is 2. The number of aromatic nitrogens is 3. The van der Waals surface area contributed by atoms with Gasteiger partial charge in [-0.15, -0.1) is 5.10 Å². The first-order valence-corrected chi connectivity index (χ1v) is 8.04. The first-order chi connectivity index (χ1) is 10.5. The number of anilines is 1. The highest BCUT2D eigenvalue weighted by Crippen LogP contribution is 2.30. The van der Waals surface area contributed by atoms with Crippen LogP contribution in [0.4, 0.5) is 5.69 Å². The second-order valence-corrected chi connectivity index (χ2v) is 6.52. The molecule has 2 atom stereocenters. The molecule has 1 fully saturated rings. The Balaban J connectivity index is 1.93. The fraction of sp³-hybridized carbons (Fsp3) is 0.500. The number of aliphatic hydroxyl groups excluding tert-OH is 1. The van der Waals surface area contributed by atoms with Gasteiger partial charge in [-0.05, 0) is 34.8 Å². The molecule has 22 heavy (non-hydrogen) atoms. The average molecular weight is 368 g/mol. The van der Waals surface area contributed by atoms with Gasteiger partial charge in [-0.1, -0.05) is 18.1 Å². The number of hydrogen-bond donors (Lipinski definition) is 3. The van der Waals surface area contributed by atoms with Crippen molar-refractivity contribution in [3.8, 4) is 0 Å². The third kappa shape index (κ3) is 2.56. The van der Waals surface area contributed by atoms with Gasteiger partial charge in [-0.2, -0.15) is 0 Å². The molecule has 1 aliphatic rings. The lowest BCUT2D eigenvalue weighted by Crippen LogP contribution is -2.45. The Bertz CT molecular complexity index is 730. The van der Waals surface area contributed by atoms with Crippen molar-refractivity contribution in [3.05, 3.63) is 16.1 Å². The van der Waals surface area contributed by atoms with Crippen LogP contribution in [-0.2, 0) is 7.05 Å². The van der Waals surface area contributed by atoms with Crippen LogP contribution in [0.3, 0.4) is 0 Å². The Kier molecular flexibility index (Phi) is 4.05. The minimum absolute atomic E-state index is 0.222. The molecule has 0 unspecified atom stereocenters. The fourth-order valence-corrected chi connectivity index (χ4v) is 3.43. The molecule has 8 heteroatoms. The number of nitrogens with zero attached hydrogens (tertiary/aromatic N) is 3. The third-order valence-corrected chi connectivity index (χ3v) is 4.76. The van der Waals surface area contributed by atoms with Crippen molar-refractivity contribution >= 4 is 38.6 Å². The van der Waals surface area contributed by atoms with Crippen LogP contribution in [0.5, 0.6) is 0 Å². The number of aryl methyl sites for hydroxylation is 1. The monoisotopic (exact) mass is 367 g/mol. The van der Waals surface area contributed by atoms with Gasteiger partial charge in [0, 0.05) is 11.5 Å². The lowest BCUT2D eigenvalue weighted by Gasteiger charge is -2.28. The quantitative estimate of drug-likeness (QED) is 0.694. The SMILES string of the molecule is Cn1nnc2c(Br)cc(C(=O)N[C@H]3CCCC[C@@H]3O)c(N)c21. The molecule has 1 aromatic heterocycles. The Morgan fingerprint density at radius 1 is 1.50 bits per heavy atom. The predicted octanol–water partition coefficient (Wildman–Crippen LogP) is 1.35. The molecule has 1 saturated carbocycles. The van der Waals surface area contributed by atoms with Gasteiger partial charge in [-0.25, -0.2) is 4.68 Å². The summed E-state index contributed by atoms with van der Waals surface area (Å²) in [5.41, 5.74) is 8.07. The number of nitrogen functional groups attached to an aromatic ring is 1. The van der Waals surface area contributed by atoms with Crippen LogP contribution in [0.1, 0.15) is 36.0 Å². The number of carbonyl (C=O) groups excluding carboxylic acids is 1. The summed E-state index contributed by atoms with van der Waals surface area (Å²) in [5, 5.41) is 20.8. The molecule has 118 valence electrons. The summed E-state index contributed by atoms with van der Waals surface area (Å²) >= 11 is 3.40. The minimum atomic E-state index is -0.496. The second-order valence-electron chi connectivity index (χ2n) is 5.66. The van der Waals surface area contributed by atoms with Gasteiger partial charge in [0.05, 0.1) is 23.4 Å². The first-order valence-electron chi connectivity index (χ1n) is 7.25. The molecule has 2 aromatic rings. The fourth-order valence-electron chi connectivity index (χ4n) is 2.93. The van der Waals surface area contributed by atoms with E-state index in [1.165, 1.54) is 0 Å². The zero-order valence-electron chi connectivity index (χ0n) is 12.2. The van der Waals surface area contributed by atoms with Crippen molar-refractivity contribution in [2.75, 3.05) is 5.73 Å². The van der Waals surface area contributed by atoms with E-state index in [1.807, 2.05) is 0 Å². The van der Waals surface area contributed by atoms with Crippen LogP contribution in [0.25, 0.3) is 11.0 Å². The molecule has 0 bridgehead atoms. The molecular weight excluding hydrogens is 350 g/mol. The van der Waals surface area contributed by atoms with E-state index in [1.54, 1.807) is 17.8 Å².